The smallest absolute Gasteiger partial charge is 0.156 e. The van der Waals surface area contributed by atoms with Gasteiger partial charge in [0.05, 0.1) is 5.57 Å². The molecule has 0 aromatic carbocycles. The largest absolute Gasteiger partial charge is 0.306 e. The Hall–Kier alpha value is -2.29. The van der Waals surface area contributed by atoms with Gasteiger partial charge in [0, 0.05) is 38.8 Å². The van der Waals surface area contributed by atoms with E-state index in [1.54, 1.807) is 0 Å². The highest BCUT2D eigenvalue weighted by molar-refractivity contribution is 5.75. The molecule has 4 saturated carbocycles. The van der Waals surface area contributed by atoms with Crippen molar-refractivity contribution in [3.05, 3.63) is 52.3 Å². The third-order valence-electron chi connectivity index (χ3n) is 15.5. The van der Waals surface area contributed by atoms with Crippen molar-refractivity contribution in [1.29, 1.82) is 0 Å². The van der Waals surface area contributed by atoms with Crippen LogP contribution in [0.3, 0.4) is 0 Å². The Morgan fingerprint density at radius 2 is 0.790 bits per heavy atom. The molecule has 4 aliphatic carbocycles. The van der Waals surface area contributed by atoms with Gasteiger partial charge in [0.1, 0.15) is 0 Å². The van der Waals surface area contributed by atoms with E-state index >= 15 is 0 Å². The second-order valence-electron chi connectivity index (χ2n) is 20.6. The predicted octanol–water partition coefficient (Wildman–Crippen LogP) is 13.2. The molecule has 7 atom stereocenters. The van der Waals surface area contributed by atoms with Crippen LogP contribution < -0.4 is 0 Å². The minimum Gasteiger partial charge on any atom is -0.306 e. The normalized spacial score (nSPS) is 30.4. The fourth-order valence-corrected chi connectivity index (χ4v) is 12.2. The van der Waals surface area contributed by atoms with E-state index < -0.39 is 0 Å². The monoisotopic (exact) mass is 853 g/mol. The quantitative estimate of drug-likeness (QED) is 0.157. The number of carbonyl (C=O) groups is 1. The number of likely N-dealkylation sites (N-methyl/N-ethyl adjacent to an activating group) is 1. The highest BCUT2D eigenvalue weighted by Crippen LogP contribution is 2.40. The van der Waals surface area contributed by atoms with Gasteiger partial charge in [-0.1, -0.05) is 147 Å². The van der Waals surface area contributed by atoms with E-state index in [0.29, 0.717) is 17.4 Å². The lowest BCUT2D eigenvalue weighted by atomic mass is 9.79. The fraction of sp³-hybridized carbons (Fsp3) is 0.825. The summed E-state index contributed by atoms with van der Waals surface area (Å²) in [4.78, 5) is 21.3. The zero-order valence-corrected chi connectivity index (χ0v) is 40.3. The average Bonchev–Trinajstić information content (AvgIpc) is 3.99. The van der Waals surface area contributed by atoms with Gasteiger partial charge >= 0.3 is 0 Å². The Labute approximate surface area is 384 Å². The van der Waals surface area contributed by atoms with Gasteiger partial charge in [0.15, 0.2) is 6.29 Å². The SMILES string of the molecule is C.C1CCCCCCC1.C=C=C=C=C=C=C=C=C(C=O)C1C2CCCCCCC2CN1C.CN1CC2CCCCCCC2C1.CN1CC2CCCCCCC2C1.CN1CCCC1. The van der Waals surface area contributed by atoms with E-state index in [4.69, 9.17) is 0 Å². The van der Waals surface area contributed by atoms with Gasteiger partial charge in [-0.25, -0.2) is 0 Å². The van der Waals surface area contributed by atoms with Crippen LogP contribution in [0.4, 0.5) is 0 Å². The maximum Gasteiger partial charge on any atom is 0.156 e. The van der Waals surface area contributed by atoms with Crippen molar-refractivity contribution in [2.45, 2.75) is 193 Å². The number of likely N-dealkylation sites (tertiary alicyclic amines) is 4. The Kier molecular flexibility index (Phi) is 29.0. The van der Waals surface area contributed by atoms with Crippen molar-refractivity contribution in [3.63, 3.8) is 0 Å². The van der Waals surface area contributed by atoms with Crippen LogP contribution in [0.15, 0.2) is 52.3 Å². The topological polar surface area (TPSA) is 30.0 Å². The van der Waals surface area contributed by atoms with Crippen LogP contribution in [0.2, 0.25) is 0 Å². The molecule has 0 bridgehead atoms. The van der Waals surface area contributed by atoms with Gasteiger partial charge in [-0.3, -0.25) is 9.69 Å². The fourth-order valence-electron chi connectivity index (χ4n) is 12.2. The van der Waals surface area contributed by atoms with E-state index in [9.17, 15) is 4.79 Å². The molecule has 5 nitrogen and oxygen atoms in total. The van der Waals surface area contributed by atoms with Crippen LogP contribution in [0.25, 0.3) is 0 Å². The van der Waals surface area contributed by atoms with Gasteiger partial charge in [0.25, 0.3) is 0 Å². The Balaban J connectivity index is 0.000000223. The van der Waals surface area contributed by atoms with E-state index in [2.05, 4.69) is 94.5 Å². The summed E-state index contributed by atoms with van der Waals surface area (Å²) in [5, 5.41) is 0. The highest BCUT2D eigenvalue weighted by Gasteiger charge is 2.41. The molecule has 0 aromatic heterocycles. The standard InChI is InChI=1S/C21H23NO.2C11H21N.C8H16.C5H11N.CH4/c1-3-4-5-6-7-11-14-19(17-23)21-20-15-12-9-8-10-13-18(20)16-22(21)2;2*1-12-8-10-6-4-2-3-5-7-11(10)9-12;1-2-4-6-8-7-5-3-1;1-6-4-2-3-5-6;/h17-18,20-21H,1,8-10,12-13,15-16H2,2H3;2*10-11H,2-9H2,1H3;1-8H2;2-5H2,1H3;1H4. The number of hydrogen-bond acceptors (Lipinski definition) is 5. The van der Waals surface area contributed by atoms with Gasteiger partial charge < -0.3 is 14.7 Å². The number of hydrogen-bond donors (Lipinski definition) is 0. The van der Waals surface area contributed by atoms with E-state index in [-0.39, 0.29) is 13.5 Å². The summed E-state index contributed by atoms with van der Waals surface area (Å²) in [6.45, 7) is 12.6. The molecule has 0 radical (unpaired) electrons. The van der Waals surface area contributed by atoms with E-state index in [1.807, 2.05) is 0 Å². The second-order valence-corrected chi connectivity index (χ2v) is 20.6. The molecule has 0 spiro atoms. The van der Waals surface area contributed by atoms with Crippen LogP contribution in [0.1, 0.15) is 187 Å². The third kappa shape index (κ3) is 21.1. The summed E-state index contributed by atoms with van der Waals surface area (Å²) in [6.07, 6.45) is 41.4. The molecule has 8 fully saturated rings. The summed E-state index contributed by atoms with van der Waals surface area (Å²) in [5.74, 6) is 5.45. The number of nitrogens with zero attached hydrogens (tertiary/aromatic N) is 4. The molecule has 5 heteroatoms. The van der Waals surface area contributed by atoms with Crippen molar-refractivity contribution in [3.8, 4) is 0 Å². The number of rotatable bonds is 2. The minimum absolute atomic E-state index is 0. The van der Waals surface area contributed by atoms with E-state index in [0.717, 1.165) is 36.5 Å². The molecular weight excluding hydrogens is 757 g/mol. The van der Waals surface area contributed by atoms with Crippen LogP contribution >= 0.6 is 0 Å². The first-order valence-electron chi connectivity index (χ1n) is 26.0. The van der Waals surface area contributed by atoms with Crippen LogP contribution in [0.5, 0.6) is 0 Å². The summed E-state index contributed by atoms with van der Waals surface area (Å²) in [5.41, 5.74) is 19.2. The molecule has 0 amide bonds. The van der Waals surface area contributed by atoms with Gasteiger partial charge in [-0.05, 0) is 163 Å². The van der Waals surface area contributed by atoms with Crippen LogP contribution in [0, 0.1) is 35.5 Å². The maximum atomic E-state index is 11.6. The zero-order chi connectivity index (χ0) is 43.3. The average molecular weight is 853 g/mol. The zero-order valence-electron chi connectivity index (χ0n) is 40.3. The number of fused-ring (bicyclic) bond motifs is 3. The summed E-state index contributed by atoms with van der Waals surface area (Å²) in [7, 11) is 8.85. The molecule has 8 rings (SSSR count). The Bertz CT molecular complexity index is 1400. The summed E-state index contributed by atoms with van der Waals surface area (Å²) < 4.78 is 0. The highest BCUT2D eigenvalue weighted by atomic mass is 16.1. The van der Waals surface area contributed by atoms with Crippen LogP contribution in [-0.4, -0.2) is 106 Å². The van der Waals surface area contributed by atoms with Crippen LogP contribution in [-0.2, 0) is 4.79 Å². The first kappa shape index (κ1) is 54.0. The molecule has 62 heavy (non-hydrogen) atoms. The van der Waals surface area contributed by atoms with Crippen molar-refractivity contribution in [2.75, 3.05) is 74.0 Å². The summed E-state index contributed by atoms with van der Waals surface area (Å²) >= 11 is 0. The lowest BCUT2D eigenvalue weighted by molar-refractivity contribution is -0.105. The van der Waals surface area contributed by atoms with Crippen molar-refractivity contribution in [2.24, 2.45) is 35.5 Å². The van der Waals surface area contributed by atoms with Crippen molar-refractivity contribution in [1.82, 2.24) is 19.6 Å². The lowest BCUT2D eigenvalue weighted by Crippen LogP contribution is -2.32. The molecule has 350 valence electrons. The van der Waals surface area contributed by atoms with Crippen molar-refractivity contribution >= 4 is 6.29 Å². The summed E-state index contributed by atoms with van der Waals surface area (Å²) in [6, 6.07) is 0.150. The lowest BCUT2D eigenvalue weighted by Gasteiger charge is -2.27. The number of aldehydes is 1. The third-order valence-corrected chi connectivity index (χ3v) is 15.5. The molecule has 4 heterocycles. The number of carbonyl (C=O) groups excluding carboxylic acids is 1. The van der Waals surface area contributed by atoms with Gasteiger partial charge in [-0.15, -0.1) is 0 Å². The maximum absolute atomic E-state index is 11.6. The minimum atomic E-state index is 0. The Morgan fingerprint density at radius 1 is 0.435 bits per heavy atom. The molecule has 4 aliphatic heterocycles. The second kappa shape index (κ2) is 33.2. The first-order chi connectivity index (χ1) is 29.9. The molecule has 8 aliphatic rings. The predicted molar refractivity (Wildman–Crippen MR) is 266 cm³/mol. The molecule has 0 N–H and O–H groups in total. The van der Waals surface area contributed by atoms with E-state index in [1.165, 1.54) is 219 Å². The van der Waals surface area contributed by atoms with Gasteiger partial charge in [-0.2, -0.15) is 0 Å². The molecule has 0 aromatic rings. The Morgan fingerprint density at radius 3 is 1.16 bits per heavy atom. The van der Waals surface area contributed by atoms with Crippen molar-refractivity contribution < 1.29 is 4.79 Å². The molecular formula is C57H96N4O. The molecule has 7 unspecified atom stereocenters. The first-order valence-corrected chi connectivity index (χ1v) is 26.0. The van der Waals surface area contributed by atoms with Gasteiger partial charge in [0.2, 0.25) is 0 Å². The molecule has 4 saturated heterocycles.